The van der Waals surface area contributed by atoms with Gasteiger partial charge in [0, 0.05) is 7.05 Å². The molecule has 2 N–H and O–H groups in total. The minimum atomic E-state index is -0.494. The molecule has 0 saturated carbocycles. The predicted molar refractivity (Wildman–Crippen MR) is 65.0 cm³/mol. The zero-order chi connectivity index (χ0) is 12.1. The van der Waals surface area contributed by atoms with Crippen molar-refractivity contribution in [3.63, 3.8) is 0 Å². The highest BCUT2D eigenvalue weighted by molar-refractivity contribution is 5.92. The number of aryl methyl sites for hydroxylation is 1. The van der Waals surface area contributed by atoms with E-state index in [1.54, 1.807) is 14.2 Å². The van der Waals surface area contributed by atoms with Crippen molar-refractivity contribution in [2.45, 2.75) is 19.8 Å². The minimum Gasteiger partial charge on any atom is -0.494 e. The number of anilines is 1. The van der Waals surface area contributed by atoms with Gasteiger partial charge in [-0.05, 0) is 18.1 Å². The molecule has 0 radical (unpaired) electrons. The number of ether oxygens (including phenoxy) is 1. The van der Waals surface area contributed by atoms with E-state index in [0.717, 1.165) is 24.2 Å². The summed E-state index contributed by atoms with van der Waals surface area (Å²) >= 11 is 0. The molecule has 0 unspecified atom stereocenters. The van der Waals surface area contributed by atoms with Crippen LogP contribution in [0, 0.1) is 0 Å². The number of para-hydroxylation sites is 1. The summed E-state index contributed by atoms with van der Waals surface area (Å²) in [5.74, 6) is 0.727. The lowest BCUT2D eigenvalue weighted by molar-refractivity contribution is 0.255. The summed E-state index contributed by atoms with van der Waals surface area (Å²) in [5.41, 5.74) is 7.05. The maximum atomic E-state index is 11.1. The lowest BCUT2D eigenvalue weighted by Crippen LogP contribution is -2.32. The fourth-order valence-corrected chi connectivity index (χ4v) is 1.66. The summed E-state index contributed by atoms with van der Waals surface area (Å²) in [7, 11) is 3.24. The molecule has 88 valence electrons. The van der Waals surface area contributed by atoms with Gasteiger partial charge in [0.1, 0.15) is 5.75 Å². The van der Waals surface area contributed by atoms with Crippen molar-refractivity contribution in [2.75, 3.05) is 19.1 Å². The van der Waals surface area contributed by atoms with Crippen LogP contribution in [0.1, 0.15) is 18.9 Å². The minimum absolute atomic E-state index is 0.494. The quantitative estimate of drug-likeness (QED) is 0.848. The number of carbonyl (C=O) groups is 1. The number of primary amides is 1. The Morgan fingerprint density at radius 3 is 2.69 bits per heavy atom. The molecule has 2 amide bonds. The van der Waals surface area contributed by atoms with Crippen LogP contribution in [0.5, 0.6) is 5.75 Å². The van der Waals surface area contributed by atoms with E-state index in [4.69, 9.17) is 10.5 Å². The Labute approximate surface area is 96.0 Å². The van der Waals surface area contributed by atoms with E-state index in [9.17, 15) is 4.79 Å². The molecule has 16 heavy (non-hydrogen) atoms. The molecule has 0 bridgehead atoms. The number of amides is 2. The number of methoxy groups -OCH3 is 1. The van der Waals surface area contributed by atoms with Crippen LogP contribution in [0.4, 0.5) is 10.5 Å². The molecular weight excluding hydrogens is 204 g/mol. The first kappa shape index (κ1) is 12.4. The maximum Gasteiger partial charge on any atom is 0.319 e. The van der Waals surface area contributed by atoms with Gasteiger partial charge in [0.2, 0.25) is 0 Å². The number of hydrogen-bond donors (Lipinski definition) is 1. The van der Waals surface area contributed by atoms with Crippen LogP contribution in [0.3, 0.4) is 0 Å². The highest BCUT2D eigenvalue weighted by Crippen LogP contribution is 2.31. The Morgan fingerprint density at radius 1 is 1.50 bits per heavy atom. The molecule has 0 saturated heterocycles. The van der Waals surface area contributed by atoms with Crippen LogP contribution in [0.15, 0.2) is 18.2 Å². The van der Waals surface area contributed by atoms with Crippen molar-refractivity contribution in [3.05, 3.63) is 23.8 Å². The van der Waals surface area contributed by atoms with Crippen LogP contribution < -0.4 is 15.4 Å². The summed E-state index contributed by atoms with van der Waals surface area (Å²) in [4.78, 5) is 12.5. The highest BCUT2D eigenvalue weighted by Gasteiger charge is 2.14. The zero-order valence-electron chi connectivity index (χ0n) is 9.99. The van der Waals surface area contributed by atoms with E-state index in [2.05, 4.69) is 6.92 Å². The van der Waals surface area contributed by atoms with Crippen molar-refractivity contribution in [1.82, 2.24) is 0 Å². The third kappa shape index (κ3) is 2.45. The molecule has 0 atom stereocenters. The molecule has 0 aromatic heterocycles. The second kappa shape index (κ2) is 5.39. The van der Waals surface area contributed by atoms with Gasteiger partial charge in [0.15, 0.2) is 0 Å². The van der Waals surface area contributed by atoms with Crippen LogP contribution in [-0.2, 0) is 6.42 Å². The van der Waals surface area contributed by atoms with E-state index < -0.39 is 6.03 Å². The first-order chi connectivity index (χ1) is 7.61. The number of rotatable bonds is 4. The molecule has 0 fully saturated rings. The van der Waals surface area contributed by atoms with E-state index in [-0.39, 0.29) is 0 Å². The van der Waals surface area contributed by atoms with Gasteiger partial charge in [-0.3, -0.25) is 4.90 Å². The van der Waals surface area contributed by atoms with E-state index in [1.165, 1.54) is 4.90 Å². The second-order valence-electron chi connectivity index (χ2n) is 3.62. The number of nitrogens with two attached hydrogens (primary N) is 1. The van der Waals surface area contributed by atoms with Crippen LogP contribution >= 0.6 is 0 Å². The molecule has 0 aliphatic rings. The smallest absolute Gasteiger partial charge is 0.319 e. The van der Waals surface area contributed by atoms with Gasteiger partial charge in [-0.15, -0.1) is 0 Å². The Morgan fingerprint density at radius 2 is 2.19 bits per heavy atom. The number of hydrogen-bond acceptors (Lipinski definition) is 2. The van der Waals surface area contributed by atoms with Crippen molar-refractivity contribution >= 4 is 11.7 Å². The van der Waals surface area contributed by atoms with Crippen LogP contribution in [-0.4, -0.2) is 20.2 Å². The third-order valence-electron chi connectivity index (χ3n) is 2.49. The number of carbonyl (C=O) groups excluding carboxylic acids is 1. The molecule has 0 spiro atoms. The Kier molecular flexibility index (Phi) is 4.17. The molecule has 4 heteroatoms. The van der Waals surface area contributed by atoms with Crippen molar-refractivity contribution in [3.8, 4) is 5.75 Å². The normalized spacial score (nSPS) is 9.94. The number of urea groups is 1. The molecular formula is C12H18N2O2. The van der Waals surface area contributed by atoms with Gasteiger partial charge in [-0.1, -0.05) is 25.5 Å². The largest absolute Gasteiger partial charge is 0.494 e. The van der Waals surface area contributed by atoms with Gasteiger partial charge in [-0.2, -0.15) is 0 Å². The molecule has 1 aromatic carbocycles. The summed E-state index contributed by atoms with van der Waals surface area (Å²) in [6.45, 7) is 2.10. The lowest BCUT2D eigenvalue weighted by Gasteiger charge is -2.19. The highest BCUT2D eigenvalue weighted by atomic mass is 16.5. The first-order valence-electron chi connectivity index (χ1n) is 5.30. The number of nitrogens with zero attached hydrogens (tertiary/aromatic N) is 1. The average Bonchev–Trinajstić information content (AvgIpc) is 2.28. The summed E-state index contributed by atoms with van der Waals surface area (Å²) in [6.07, 6.45) is 1.95. The Balaban J connectivity index is 3.17. The van der Waals surface area contributed by atoms with Gasteiger partial charge in [0.05, 0.1) is 12.8 Å². The Hall–Kier alpha value is -1.71. The third-order valence-corrected chi connectivity index (χ3v) is 2.49. The van der Waals surface area contributed by atoms with E-state index in [0.29, 0.717) is 5.69 Å². The van der Waals surface area contributed by atoms with Crippen LogP contribution in [0.25, 0.3) is 0 Å². The van der Waals surface area contributed by atoms with E-state index >= 15 is 0 Å². The van der Waals surface area contributed by atoms with Gasteiger partial charge in [0.25, 0.3) is 0 Å². The monoisotopic (exact) mass is 222 g/mol. The first-order valence-corrected chi connectivity index (χ1v) is 5.30. The molecule has 0 aliphatic carbocycles. The van der Waals surface area contributed by atoms with E-state index in [1.807, 2.05) is 18.2 Å². The predicted octanol–water partition coefficient (Wildman–Crippen LogP) is 2.16. The van der Waals surface area contributed by atoms with Crippen LogP contribution in [0.2, 0.25) is 0 Å². The standard InChI is InChI=1S/C12H18N2O2/c1-4-6-9-7-5-8-10(11(9)16-3)14(2)12(13)15/h5,7-8H,4,6H2,1-3H3,(H2,13,15). The van der Waals surface area contributed by atoms with Crippen molar-refractivity contribution in [2.24, 2.45) is 5.73 Å². The Bertz CT molecular complexity index is 377. The SMILES string of the molecule is CCCc1cccc(N(C)C(N)=O)c1OC. The summed E-state index contributed by atoms with van der Waals surface area (Å²) in [5, 5.41) is 0. The fourth-order valence-electron chi connectivity index (χ4n) is 1.66. The molecule has 0 aliphatic heterocycles. The zero-order valence-corrected chi connectivity index (χ0v) is 9.99. The number of benzene rings is 1. The van der Waals surface area contributed by atoms with Crippen molar-refractivity contribution < 1.29 is 9.53 Å². The summed E-state index contributed by atoms with van der Waals surface area (Å²) in [6, 6.07) is 5.23. The fraction of sp³-hybridized carbons (Fsp3) is 0.417. The second-order valence-corrected chi connectivity index (χ2v) is 3.62. The topological polar surface area (TPSA) is 55.6 Å². The average molecular weight is 222 g/mol. The van der Waals surface area contributed by atoms with Gasteiger partial charge < -0.3 is 10.5 Å². The summed E-state index contributed by atoms with van der Waals surface area (Å²) < 4.78 is 5.35. The molecule has 1 aromatic rings. The van der Waals surface area contributed by atoms with Gasteiger partial charge in [-0.25, -0.2) is 4.79 Å². The lowest BCUT2D eigenvalue weighted by atomic mass is 10.1. The molecule has 0 heterocycles. The van der Waals surface area contributed by atoms with Gasteiger partial charge >= 0.3 is 6.03 Å². The molecule has 1 rings (SSSR count). The maximum absolute atomic E-state index is 11.1. The van der Waals surface area contributed by atoms with Crippen molar-refractivity contribution in [1.29, 1.82) is 0 Å². The molecule has 4 nitrogen and oxygen atoms in total.